The molecule has 0 amide bonds. The highest BCUT2D eigenvalue weighted by atomic mass is 32.1. The summed E-state index contributed by atoms with van der Waals surface area (Å²) < 4.78 is 1.25. The van der Waals surface area contributed by atoms with Gasteiger partial charge >= 0.3 is 0 Å². The highest BCUT2D eigenvalue weighted by Crippen LogP contribution is 2.70. The molecule has 1 fully saturated rings. The molecule has 6 heteroatoms. The van der Waals surface area contributed by atoms with Gasteiger partial charge in [0.15, 0.2) is 5.13 Å². The second-order valence-electron chi connectivity index (χ2n) is 9.95. The smallest absolute Gasteiger partial charge is 0.183 e. The predicted octanol–water partition coefficient (Wildman–Crippen LogP) is 7.35. The van der Waals surface area contributed by atoms with E-state index in [0.29, 0.717) is 11.7 Å². The van der Waals surface area contributed by atoms with Crippen LogP contribution in [0.25, 0.3) is 10.2 Å². The van der Waals surface area contributed by atoms with E-state index in [9.17, 15) is 0 Å². The second-order valence-corrected chi connectivity index (χ2v) is 13.5. The third-order valence-electron chi connectivity index (χ3n) is 7.46. The molecule has 0 spiro atoms. The number of nitrogens with zero attached hydrogens (tertiary/aromatic N) is 2. The highest BCUT2D eigenvalue weighted by molar-refractivity contribution is 7.77. The number of amidine groups is 1. The van der Waals surface area contributed by atoms with Crippen LogP contribution >= 0.6 is 19.3 Å². The largest absolute Gasteiger partial charge is 0.361 e. The molecule has 1 aromatic heterocycles. The van der Waals surface area contributed by atoms with Crippen molar-refractivity contribution in [2.24, 2.45) is 4.99 Å². The van der Waals surface area contributed by atoms with E-state index in [1.165, 1.54) is 45.5 Å². The minimum atomic E-state index is -0.238. The molecule has 176 valence electrons. The third-order valence-corrected chi connectivity index (χ3v) is 11.7. The zero-order valence-electron chi connectivity index (χ0n) is 19.9. The number of para-hydroxylation sites is 1. The van der Waals surface area contributed by atoms with Crippen molar-refractivity contribution >= 4 is 45.9 Å². The zero-order chi connectivity index (χ0) is 23.4. The Morgan fingerprint density at radius 3 is 2.69 bits per heavy atom. The van der Waals surface area contributed by atoms with Crippen molar-refractivity contribution in [3.8, 4) is 0 Å². The topological polar surface area (TPSA) is 49.3 Å². The van der Waals surface area contributed by atoms with Gasteiger partial charge in [0.25, 0.3) is 0 Å². The maximum Gasteiger partial charge on any atom is 0.183 e. The lowest BCUT2D eigenvalue weighted by atomic mass is 10.1. The number of nitrogens with one attached hydrogen (secondary N) is 2. The van der Waals surface area contributed by atoms with Crippen LogP contribution in [0, 0.1) is 6.92 Å². The van der Waals surface area contributed by atoms with E-state index in [0.717, 1.165) is 35.7 Å². The molecule has 0 saturated heterocycles. The highest BCUT2D eigenvalue weighted by Gasteiger charge is 2.50. The SMILES string of the molecule is Cc1cccc2sc(NCCc3ccc(NC4=NC5Cc6ccccc6C5P4C4CC4)cc3)nc12. The molecule has 3 aliphatic rings. The van der Waals surface area contributed by atoms with Crippen molar-refractivity contribution in [2.45, 2.75) is 50.0 Å². The fraction of sp³-hybridized carbons (Fsp3) is 0.310. The van der Waals surface area contributed by atoms with Gasteiger partial charge in [-0.25, -0.2) is 4.98 Å². The van der Waals surface area contributed by atoms with E-state index in [-0.39, 0.29) is 7.92 Å². The van der Waals surface area contributed by atoms with Gasteiger partial charge in [-0.1, -0.05) is 59.9 Å². The number of aromatic nitrogens is 1. The van der Waals surface area contributed by atoms with Crippen LogP contribution in [-0.4, -0.2) is 28.8 Å². The number of anilines is 2. The zero-order valence-corrected chi connectivity index (χ0v) is 21.6. The third kappa shape index (κ3) is 4.05. The molecular formula is C29H29N4PS. The van der Waals surface area contributed by atoms with E-state index in [2.05, 4.69) is 84.3 Å². The van der Waals surface area contributed by atoms with Crippen molar-refractivity contribution in [3.05, 3.63) is 89.0 Å². The second kappa shape index (κ2) is 8.72. The summed E-state index contributed by atoms with van der Waals surface area (Å²) in [5.41, 5.74) is 10.7. The molecule has 3 atom stereocenters. The number of benzene rings is 3. The molecule has 3 unspecified atom stereocenters. The Balaban J connectivity index is 0.999. The molecule has 4 nitrogen and oxygen atoms in total. The van der Waals surface area contributed by atoms with Crippen LogP contribution in [0.15, 0.2) is 71.7 Å². The van der Waals surface area contributed by atoms with Gasteiger partial charge in [-0.2, -0.15) is 0 Å². The maximum absolute atomic E-state index is 5.25. The molecule has 0 radical (unpaired) electrons. The Hall–Kier alpha value is -2.75. The molecule has 2 heterocycles. The van der Waals surface area contributed by atoms with Crippen LogP contribution in [0.2, 0.25) is 0 Å². The lowest BCUT2D eigenvalue weighted by Gasteiger charge is -2.22. The van der Waals surface area contributed by atoms with Gasteiger partial charge in [-0.05, 0) is 86.6 Å². The van der Waals surface area contributed by atoms with Gasteiger partial charge in [-0.3, -0.25) is 4.99 Å². The summed E-state index contributed by atoms with van der Waals surface area (Å²) in [5.74, 6) is 0. The number of hydrogen-bond acceptors (Lipinski definition) is 5. The van der Waals surface area contributed by atoms with Crippen LogP contribution in [0.3, 0.4) is 0 Å². The van der Waals surface area contributed by atoms with Gasteiger partial charge in [0, 0.05) is 17.9 Å². The van der Waals surface area contributed by atoms with Crippen molar-refractivity contribution in [1.82, 2.24) is 4.98 Å². The Kier molecular flexibility index (Phi) is 5.37. The molecule has 0 bridgehead atoms. The number of aliphatic imine (C=N–C) groups is 1. The summed E-state index contributed by atoms with van der Waals surface area (Å²) in [6, 6.07) is 24.8. The molecular weight excluding hydrogens is 467 g/mol. The average molecular weight is 497 g/mol. The average Bonchev–Trinajstić information content (AvgIpc) is 3.36. The first-order valence-corrected chi connectivity index (χ1v) is 14.9. The molecule has 1 aliphatic heterocycles. The van der Waals surface area contributed by atoms with Gasteiger partial charge in [0.1, 0.15) is 5.58 Å². The number of aryl methyl sites for hydroxylation is 1. The molecule has 7 rings (SSSR count). The normalized spacial score (nSPS) is 22.7. The first-order chi connectivity index (χ1) is 17.2. The Bertz CT molecular complexity index is 1420. The van der Waals surface area contributed by atoms with Crippen LogP contribution in [0.1, 0.15) is 40.8 Å². The van der Waals surface area contributed by atoms with E-state index >= 15 is 0 Å². The van der Waals surface area contributed by atoms with E-state index < -0.39 is 0 Å². The van der Waals surface area contributed by atoms with E-state index in [4.69, 9.17) is 9.98 Å². The standard InChI is InChI=1S/C29H29N4PS/c1-18-5-4-8-25-26(18)33-29(35-25)30-16-15-19-9-11-21(12-10-19)31-28-32-24-17-20-6-2-3-7-23(20)27(24)34(28)22-13-14-22/h2-12,22,24,27H,13-17H2,1H3,(H,30,33)(H,31,32). The van der Waals surface area contributed by atoms with Crippen LogP contribution in [-0.2, 0) is 12.8 Å². The van der Waals surface area contributed by atoms with Gasteiger partial charge in [-0.15, -0.1) is 0 Å². The minimum absolute atomic E-state index is 0.238. The van der Waals surface area contributed by atoms with E-state index in [1.54, 1.807) is 16.9 Å². The predicted molar refractivity (Wildman–Crippen MR) is 151 cm³/mol. The quantitative estimate of drug-likeness (QED) is 0.274. The lowest BCUT2D eigenvalue weighted by molar-refractivity contribution is 0.719. The summed E-state index contributed by atoms with van der Waals surface area (Å²) in [7, 11) is -0.238. The fourth-order valence-electron chi connectivity index (χ4n) is 5.57. The molecule has 1 saturated carbocycles. The maximum atomic E-state index is 5.25. The van der Waals surface area contributed by atoms with Crippen LogP contribution < -0.4 is 10.6 Å². The Morgan fingerprint density at radius 2 is 1.86 bits per heavy atom. The fourth-order valence-corrected chi connectivity index (χ4v) is 9.94. The molecule has 4 aromatic rings. The van der Waals surface area contributed by atoms with E-state index in [1.807, 2.05) is 0 Å². The van der Waals surface area contributed by atoms with Crippen LogP contribution in [0.4, 0.5) is 10.8 Å². The van der Waals surface area contributed by atoms with Crippen molar-refractivity contribution in [1.29, 1.82) is 0 Å². The number of fused-ring (bicyclic) bond motifs is 4. The first kappa shape index (κ1) is 21.5. The Labute approximate surface area is 211 Å². The molecule has 2 aliphatic carbocycles. The minimum Gasteiger partial charge on any atom is -0.361 e. The van der Waals surface area contributed by atoms with Crippen molar-refractivity contribution < 1.29 is 0 Å². The molecule has 2 N–H and O–H groups in total. The summed E-state index contributed by atoms with van der Waals surface area (Å²) in [4.78, 5) is 10.0. The summed E-state index contributed by atoms with van der Waals surface area (Å²) in [5, 5.41) is 8.28. The summed E-state index contributed by atoms with van der Waals surface area (Å²) >= 11 is 1.73. The lowest BCUT2D eigenvalue weighted by Crippen LogP contribution is -2.11. The Morgan fingerprint density at radius 1 is 1.00 bits per heavy atom. The molecule has 3 aromatic carbocycles. The van der Waals surface area contributed by atoms with Gasteiger partial charge in [0.05, 0.1) is 16.3 Å². The number of thiazole rings is 1. The number of hydrogen-bond donors (Lipinski definition) is 2. The van der Waals surface area contributed by atoms with Crippen molar-refractivity contribution in [2.75, 3.05) is 17.2 Å². The summed E-state index contributed by atoms with van der Waals surface area (Å²) in [6.07, 6.45) is 4.83. The summed E-state index contributed by atoms with van der Waals surface area (Å²) in [6.45, 7) is 3.01. The molecule has 35 heavy (non-hydrogen) atoms. The van der Waals surface area contributed by atoms with Crippen molar-refractivity contribution in [3.63, 3.8) is 0 Å². The van der Waals surface area contributed by atoms with Gasteiger partial charge in [0.2, 0.25) is 0 Å². The van der Waals surface area contributed by atoms with Gasteiger partial charge < -0.3 is 10.6 Å². The number of rotatable bonds is 6. The monoisotopic (exact) mass is 496 g/mol. The van der Waals surface area contributed by atoms with Crippen LogP contribution in [0.5, 0.6) is 0 Å². The first-order valence-electron chi connectivity index (χ1n) is 12.6.